The van der Waals surface area contributed by atoms with E-state index in [1.165, 1.54) is 0 Å². The SMILES string of the molecule is CC(N)O[PH+]=O. The van der Waals surface area contributed by atoms with Crippen LogP contribution in [0, 0.1) is 0 Å². The molecule has 6 heavy (non-hydrogen) atoms. The molecule has 2 atom stereocenters. The van der Waals surface area contributed by atoms with E-state index in [9.17, 15) is 4.57 Å². The van der Waals surface area contributed by atoms with Gasteiger partial charge in [-0.3, -0.25) is 0 Å². The normalized spacial score (nSPS) is 15.0. The van der Waals surface area contributed by atoms with Gasteiger partial charge in [0.05, 0.1) is 0 Å². The Hall–Kier alpha value is 0.0200. The molecule has 0 amide bonds. The molecule has 0 radical (unpaired) electrons. The predicted molar refractivity (Wildman–Crippen MR) is 23.7 cm³/mol. The second kappa shape index (κ2) is 3.22. The van der Waals surface area contributed by atoms with E-state index in [2.05, 4.69) is 4.52 Å². The minimum atomic E-state index is -0.737. The zero-order valence-electron chi connectivity index (χ0n) is 3.47. The molecule has 0 aromatic heterocycles. The summed E-state index contributed by atoms with van der Waals surface area (Å²) < 4.78 is 13.8. The van der Waals surface area contributed by atoms with Gasteiger partial charge in [-0.05, 0) is 11.5 Å². The summed E-state index contributed by atoms with van der Waals surface area (Å²) in [5, 5.41) is 0. The molecule has 3 nitrogen and oxygen atoms in total. The minimum Gasteiger partial charge on any atom is -0.302 e. The van der Waals surface area contributed by atoms with Crippen molar-refractivity contribution in [3.63, 3.8) is 0 Å². The molecule has 0 saturated carbocycles. The summed E-state index contributed by atoms with van der Waals surface area (Å²) in [4.78, 5) is 0. The maximum atomic E-state index is 9.47. The lowest BCUT2D eigenvalue weighted by Gasteiger charge is -1.85. The molecule has 0 fully saturated rings. The second-order valence-electron chi connectivity index (χ2n) is 0.906. The first-order valence-electron chi connectivity index (χ1n) is 1.55. The molecule has 0 rings (SSSR count). The molecule has 2 unspecified atom stereocenters. The first kappa shape index (κ1) is 6.02. The Morgan fingerprint density at radius 2 is 2.50 bits per heavy atom. The van der Waals surface area contributed by atoms with Crippen molar-refractivity contribution in [1.82, 2.24) is 0 Å². The van der Waals surface area contributed by atoms with Crippen molar-refractivity contribution in [2.45, 2.75) is 13.2 Å². The van der Waals surface area contributed by atoms with Gasteiger partial charge in [-0.25, -0.2) is 0 Å². The van der Waals surface area contributed by atoms with Gasteiger partial charge in [-0.2, -0.15) is 0 Å². The maximum Gasteiger partial charge on any atom is 0.495 e. The Bertz CT molecular complexity index is 46.8. The molecule has 0 aliphatic heterocycles. The van der Waals surface area contributed by atoms with Crippen molar-refractivity contribution >= 4 is 8.69 Å². The molecule has 0 aromatic carbocycles. The molecular weight excluding hydrogens is 101 g/mol. The van der Waals surface area contributed by atoms with Gasteiger partial charge in [0, 0.05) is 0 Å². The Morgan fingerprint density at radius 3 is 2.50 bits per heavy atom. The average Bonchev–Trinajstić information content (AvgIpc) is 1.35. The molecule has 0 saturated heterocycles. The lowest BCUT2D eigenvalue weighted by molar-refractivity contribution is 0.254. The Kier molecular flexibility index (Phi) is 3.23. The molecule has 0 heterocycles. The maximum absolute atomic E-state index is 9.47. The van der Waals surface area contributed by atoms with Crippen LogP contribution in [0.25, 0.3) is 0 Å². The largest absolute Gasteiger partial charge is 0.495 e. The summed E-state index contributed by atoms with van der Waals surface area (Å²) in [6, 6.07) is 0. The van der Waals surface area contributed by atoms with Crippen LogP contribution in [0.1, 0.15) is 6.92 Å². The second-order valence-corrected chi connectivity index (χ2v) is 1.31. The van der Waals surface area contributed by atoms with E-state index >= 15 is 0 Å². The first-order chi connectivity index (χ1) is 2.77. The van der Waals surface area contributed by atoms with Gasteiger partial charge in [0.15, 0.2) is 6.23 Å². The number of hydrogen-bond acceptors (Lipinski definition) is 3. The summed E-state index contributed by atoms with van der Waals surface area (Å²) >= 11 is 0. The first-order valence-corrected chi connectivity index (χ1v) is 2.37. The summed E-state index contributed by atoms with van der Waals surface area (Å²) in [6.07, 6.45) is -0.402. The smallest absolute Gasteiger partial charge is 0.302 e. The lowest BCUT2D eigenvalue weighted by Crippen LogP contribution is -2.13. The van der Waals surface area contributed by atoms with E-state index in [-0.39, 0.29) is 0 Å². The summed E-state index contributed by atoms with van der Waals surface area (Å²) in [6.45, 7) is 1.62. The monoisotopic (exact) mass is 108 g/mol. The fourth-order valence-electron chi connectivity index (χ4n) is 0.0759. The highest BCUT2D eigenvalue weighted by Gasteiger charge is 1.94. The standard InChI is InChI=1S/C2H7NO2P/c1-2(3)5-6-4/h2,6H,3H2,1H3/q+1. The van der Waals surface area contributed by atoms with Crippen LogP contribution in [0.2, 0.25) is 0 Å². The molecular formula is C2H7NO2P+. The third kappa shape index (κ3) is 4.02. The molecule has 2 N–H and O–H groups in total. The zero-order valence-corrected chi connectivity index (χ0v) is 4.47. The molecule has 0 spiro atoms. The van der Waals surface area contributed by atoms with E-state index < -0.39 is 14.9 Å². The fraction of sp³-hybridized carbons (Fsp3) is 1.00. The van der Waals surface area contributed by atoms with E-state index in [0.29, 0.717) is 0 Å². The van der Waals surface area contributed by atoms with Crippen LogP contribution in [0.5, 0.6) is 0 Å². The Labute approximate surface area is 37.8 Å². The highest BCUT2D eigenvalue weighted by Crippen LogP contribution is 1.94. The van der Waals surface area contributed by atoms with Gasteiger partial charge in [0.25, 0.3) is 0 Å². The van der Waals surface area contributed by atoms with E-state index in [4.69, 9.17) is 5.73 Å². The molecule has 0 aromatic rings. The Morgan fingerprint density at radius 1 is 2.00 bits per heavy atom. The molecule has 0 aliphatic carbocycles. The van der Waals surface area contributed by atoms with Gasteiger partial charge in [-0.15, -0.1) is 4.52 Å². The average molecular weight is 108 g/mol. The van der Waals surface area contributed by atoms with Gasteiger partial charge >= 0.3 is 8.69 Å². The van der Waals surface area contributed by atoms with Crippen LogP contribution in [-0.2, 0) is 9.09 Å². The fourth-order valence-corrected chi connectivity index (χ4v) is 0.228. The summed E-state index contributed by atoms with van der Waals surface area (Å²) in [7, 11) is -0.737. The van der Waals surface area contributed by atoms with Crippen LogP contribution < -0.4 is 5.73 Å². The number of hydrogen-bond donors (Lipinski definition) is 1. The lowest BCUT2D eigenvalue weighted by atomic mass is 10.7. The van der Waals surface area contributed by atoms with Crippen LogP contribution in [0.15, 0.2) is 0 Å². The van der Waals surface area contributed by atoms with Crippen molar-refractivity contribution in [2.24, 2.45) is 5.73 Å². The van der Waals surface area contributed by atoms with Gasteiger partial charge in [0.2, 0.25) is 0 Å². The van der Waals surface area contributed by atoms with Gasteiger partial charge in [0.1, 0.15) is 0 Å². The zero-order chi connectivity index (χ0) is 4.99. The molecule has 0 bridgehead atoms. The summed E-state index contributed by atoms with van der Waals surface area (Å²) in [5.41, 5.74) is 4.99. The minimum absolute atomic E-state index is 0.402. The Balaban J connectivity index is 2.81. The van der Waals surface area contributed by atoms with Crippen molar-refractivity contribution in [3.8, 4) is 0 Å². The van der Waals surface area contributed by atoms with Gasteiger partial charge < -0.3 is 5.73 Å². The molecule has 0 aliphatic rings. The van der Waals surface area contributed by atoms with Crippen LogP contribution >= 0.6 is 8.69 Å². The van der Waals surface area contributed by atoms with Crippen molar-refractivity contribution in [1.29, 1.82) is 0 Å². The predicted octanol–water partition coefficient (Wildman–Crippen LogP) is 0.247. The van der Waals surface area contributed by atoms with Crippen LogP contribution in [0.4, 0.5) is 0 Å². The quantitative estimate of drug-likeness (QED) is 0.407. The summed E-state index contributed by atoms with van der Waals surface area (Å²) in [5.74, 6) is 0. The highest BCUT2D eigenvalue weighted by atomic mass is 31.1. The van der Waals surface area contributed by atoms with Crippen LogP contribution in [0.3, 0.4) is 0 Å². The van der Waals surface area contributed by atoms with Crippen molar-refractivity contribution in [2.75, 3.05) is 0 Å². The van der Waals surface area contributed by atoms with E-state index in [0.717, 1.165) is 0 Å². The highest BCUT2D eigenvalue weighted by molar-refractivity contribution is 7.17. The van der Waals surface area contributed by atoms with Gasteiger partial charge in [-0.1, -0.05) is 0 Å². The number of rotatable bonds is 2. The third-order valence-corrected chi connectivity index (χ3v) is 0.702. The van der Waals surface area contributed by atoms with Crippen molar-refractivity contribution < 1.29 is 9.09 Å². The molecule has 4 heteroatoms. The van der Waals surface area contributed by atoms with E-state index in [1.54, 1.807) is 6.92 Å². The topological polar surface area (TPSA) is 52.3 Å². The number of nitrogens with two attached hydrogens (primary N) is 1. The third-order valence-electron chi connectivity index (χ3n) is 0.234. The van der Waals surface area contributed by atoms with E-state index in [1.807, 2.05) is 0 Å². The molecule has 36 valence electrons. The van der Waals surface area contributed by atoms with Crippen LogP contribution in [-0.4, -0.2) is 6.23 Å². The van der Waals surface area contributed by atoms with Crippen molar-refractivity contribution in [3.05, 3.63) is 0 Å².